The van der Waals surface area contributed by atoms with Crippen molar-refractivity contribution in [2.24, 2.45) is 0 Å². The van der Waals surface area contributed by atoms with Crippen LogP contribution in [-0.4, -0.2) is 10.1 Å². The minimum absolute atomic E-state index is 0.0636. The van der Waals surface area contributed by atoms with Crippen LogP contribution in [0.4, 0.5) is 0 Å². The highest BCUT2D eigenvalue weighted by molar-refractivity contribution is 9.10. The van der Waals surface area contributed by atoms with E-state index in [-0.39, 0.29) is 6.61 Å². The summed E-state index contributed by atoms with van der Waals surface area (Å²) in [5.74, 6) is 0.705. The van der Waals surface area contributed by atoms with Crippen LogP contribution < -0.4 is 0 Å². The second-order valence-electron chi connectivity index (χ2n) is 3.15. The highest BCUT2D eigenvalue weighted by Crippen LogP contribution is 2.40. The highest BCUT2D eigenvalue weighted by Gasteiger charge is 2.24. The molecule has 0 saturated heterocycles. The third-order valence-electron chi connectivity index (χ3n) is 2.15. The maximum atomic E-state index is 8.98. The van der Waals surface area contributed by atoms with E-state index in [9.17, 15) is 0 Å². The van der Waals surface area contributed by atoms with Crippen molar-refractivity contribution in [3.8, 4) is 0 Å². The number of aromatic nitrogens is 1. The predicted octanol–water partition coefficient (Wildman–Crippen LogP) is 2.21. The van der Waals surface area contributed by atoms with Crippen LogP contribution >= 0.6 is 15.9 Å². The maximum absolute atomic E-state index is 8.98. The van der Waals surface area contributed by atoms with Crippen LogP contribution in [0.5, 0.6) is 0 Å². The quantitative estimate of drug-likeness (QED) is 0.787. The molecule has 0 bridgehead atoms. The molecule has 0 unspecified atom stereocenters. The summed E-state index contributed by atoms with van der Waals surface area (Å²) in [6.45, 7) is 0.0636. The Morgan fingerprint density at radius 3 is 2.92 bits per heavy atom. The number of rotatable bonds is 2. The lowest BCUT2D eigenvalue weighted by Gasteiger charge is -2.02. The van der Waals surface area contributed by atoms with E-state index >= 15 is 0 Å². The van der Waals surface area contributed by atoms with Crippen molar-refractivity contribution >= 4 is 15.9 Å². The average molecular weight is 228 g/mol. The molecule has 3 heteroatoms. The SMILES string of the molecule is OCc1cc(C2CC2)cnc1Br. The Morgan fingerprint density at radius 1 is 1.58 bits per heavy atom. The Kier molecular flexibility index (Phi) is 2.15. The molecule has 1 heterocycles. The van der Waals surface area contributed by atoms with Gasteiger partial charge in [0, 0.05) is 11.8 Å². The molecular weight excluding hydrogens is 218 g/mol. The van der Waals surface area contributed by atoms with Crippen molar-refractivity contribution in [2.75, 3.05) is 0 Å². The summed E-state index contributed by atoms with van der Waals surface area (Å²) in [6.07, 6.45) is 4.43. The number of nitrogens with zero attached hydrogens (tertiary/aromatic N) is 1. The van der Waals surface area contributed by atoms with E-state index in [0.717, 1.165) is 10.2 Å². The molecule has 1 aromatic rings. The smallest absolute Gasteiger partial charge is 0.111 e. The van der Waals surface area contributed by atoms with E-state index in [1.165, 1.54) is 18.4 Å². The van der Waals surface area contributed by atoms with Crippen molar-refractivity contribution in [2.45, 2.75) is 25.4 Å². The Morgan fingerprint density at radius 2 is 2.33 bits per heavy atom. The van der Waals surface area contributed by atoms with E-state index in [2.05, 4.69) is 20.9 Å². The molecule has 0 amide bonds. The monoisotopic (exact) mass is 227 g/mol. The Bertz CT molecular complexity index is 297. The summed E-state index contributed by atoms with van der Waals surface area (Å²) in [6, 6.07) is 2.04. The Balaban J connectivity index is 2.33. The van der Waals surface area contributed by atoms with E-state index in [0.29, 0.717) is 5.92 Å². The van der Waals surface area contributed by atoms with Gasteiger partial charge in [0.05, 0.1) is 6.61 Å². The molecule has 2 nitrogen and oxygen atoms in total. The number of hydrogen-bond donors (Lipinski definition) is 1. The fourth-order valence-electron chi connectivity index (χ4n) is 1.26. The minimum Gasteiger partial charge on any atom is -0.392 e. The van der Waals surface area contributed by atoms with Crippen LogP contribution in [-0.2, 0) is 6.61 Å². The fraction of sp³-hybridized carbons (Fsp3) is 0.444. The lowest BCUT2D eigenvalue weighted by Crippen LogP contribution is -1.91. The first-order chi connectivity index (χ1) is 5.81. The van der Waals surface area contributed by atoms with E-state index in [1.807, 2.05) is 12.3 Å². The summed E-state index contributed by atoms with van der Waals surface area (Å²) in [4.78, 5) is 4.17. The first kappa shape index (κ1) is 8.20. The van der Waals surface area contributed by atoms with E-state index in [1.54, 1.807) is 0 Å². The van der Waals surface area contributed by atoms with E-state index < -0.39 is 0 Å². The standard InChI is InChI=1S/C9H10BrNO/c10-9-8(5-12)3-7(4-11-9)6-1-2-6/h3-4,6,12H,1-2,5H2. The normalized spacial score (nSPS) is 16.5. The fourth-order valence-corrected chi connectivity index (χ4v) is 1.61. The van der Waals surface area contributed by atoms with Crippen LogP contribution in [0.2, 0.25) is 0 Å². The van der Waals surface area contributed by atoms with Gasteiger partial charge in [-0.2, -0.15) is 0 Å². The zero-order chi connectivity index (χ0) is 8.55. The molecule has 0 aromatic carbocycles. The molecule has 1 saturated carbocycles. The molecule has 0 aliphatic heterocycles. The highest BCUT2D eigenvalue weighted by atomic mass is 79.9. The van der Waals surface area contributed by atoms with Crippen molar-refractivity contribution < 1.29 is 5.11 Å². The molecule has 0 spiro atoms. The van der Waals surface area contributed by atoms with Crippen molar-refractivity contribution in [3.05, 3.63) is 28.0 Å². The summed E-state index contributed by atoms with van der Waals surface area (Å²) < 4.78 is 0.759. The number of aliphatic hydroxyl groups is 1. The van der Waals surface area contributed by atoms with Gasteiger partial charge in [-0.1, -0.05) is 0 Å². The van der Waals surface area contributed by atoms with Gasteiger partial charge < -0.3 is 5.11 Å². The summed E-state index contributed by atoms with van der Waals surface area (Å²) in [5.41, 5.74) is 2.15. The summed E-state index contributed by atoms with van der Waals surface area (Å²) in [7, 11) is 0. The molecule has 1 aromatic heterocycles. The van der Waals surface area contributed by atoms with Crippen LogP contribution in [0.15, 0.2) is 16.9 Å². The number of hydrogen-bond acceptors (Lipinski definition) is 2. The lowest BCUT2D eigenvalue weighted by molar-refractivity contribution is 0.280. The molecular formula is C9H10BrNO. The topological polar surface area (TPSA) is 33.1 Å². The van der Waals surface area contributed by atoms with Gasteiger partial charge >= 0.3 is 0 Å². The van der Waals surface area contributed by atoms with Crippen LogP contribution in [0, 0.1) is 0 Å². The van der Waals surface area contributed by atoms with Crippen LogP contribution in [0.3, 0.4) is 0 Å². The second kappa shape index (κ2) is 3.15. The van der Waals surface area contributed by atoms with Crippen LogP contribution in [0.1, 0.15) is 29.9 Å². The van der Waals surface area contributed by atoms with Gasteiger partial charge in [-0.25, -0.2) is 4.98 Å². The molecule has 2 rings (SSSR count). The molecule has 1 N–H and O–H groups in total. The van der Waals surface area contributed by atoms with Gasteiger partial charge in [0.25, 0.3) is 0 Å². The van der Waals surface area contributed by atoms with Gasteiger partial charge in [-0.3, -0.25) is 0 Å². The third kappa shape index (κ3) is 1.52. The largest absolute Gasteiger partial charge is 0.392 e. The van der Waals surface area contributed by atoms with Gasteiger partial charge in [0.15, 0.2) is 0 Å². The van der Waals surface area contributed by atoms with Gasteiger partial charge in [0.2, 0.25) is 0 Å². The van der Waals surface area contributed by atoms with Gasteiger partial charge in [-0.05, 0) is 46.3 Å². The second-order valence-corrected chi connectivity index (χ2v) is 3.90. The van der Waals surface area contributed by atoms with E-state index in [4.69, 9.17) is 5.11 Å². The lowest BCUT2D eigenvalue weighted by atomic mass is 10.1. The molecule has 0 radical (unpaired) electrons. The zero-order valence-electron chi connectivity index (χ0n) is 6.63. The molecule has 12 heavy (non-hydrogen) atoms. The molecule has 1 aliphatic rings. The zero-order valence-corrected chi connectivity index (χ0v) is 8.21. The van der Waals surface area contributed by atoms with Crippen molar-refractivity contribution in [3.63, 3.8) is 0 Å². The van der Waals surface area contributed by atoms with Crippen LogP contribution in [0.25, 0.3) is 0 Å². The first-order valence-electron chi connectivity index (χ1n) is 4.06. The minimum atomic E-state index is 0.0636. The average Bonchev–Trinajstić information content (AvgIpc) is 2.88. The Hall–Kier alpha value is -0.410. The molecule has 64 valence electrons. The van der Waals surface area contributed by atoms with Gasteiger partial charge in [0.1, 0.15) is 4.60 Å². The predicted molar refractivity (Wildman–Crippen MR) is 49.8 cm³/mol. The number of pyridine rings is 1. The molecule has 1 aliphatic carbocycles. The van der Waals surface area contributed by atoms with Crippen molar-refractivity contribution in [1.82, 2.24) is 4.98 Å². The number of aliphatic hydroxyl groups excluding tert-OH is 1. The maximum Gasteiger partial charge on any atom is 0.111 e. The number of halogens is 1. The van der Waals surface area contributed by atoms with Gasteiger partial charge in [-0.15, -0.1) is 0 Å². The molecule has 0 atom stereocenters. The van der Waals surface area contributed by atoms with Crippen molar-refractivity contribution in [1.29, 1.82) is 0 Å². The first-order valence-corrected chi connectivity index (χ1v) is 4.85. The summed E-state index contributed by atoms with van der Waals surface area (Å²) in [5, 5.41) is 8.98. The molecule has 1 fully saturated rings. The summed E-state index contributed by atoms with van der Waals surface area (Å²) >= 11 is 3.29. The third-order valence-corrected chi connectivity index (χ3v) is 2.87. The Labute approximate surface area is 79.8 Å².